The molecule has 0 unspecified atom stereocenters. The van der Waals surface area contributed by atoms with Crippen LogP contribution in [0.5, 0.6) is 11.5 Å². The van der Waals surface area contributed by atoms with Crippen molar-refractivity contribution in [3.8, 4) is 40.3 Å². The highest BCUT2D eigenvalue weighted by Crippen LogP contribution is 2.35. The summed E-state index contributed by atoms with van der Waals surface area (Å²) in [6.45, 7) is 1.80. The molecule has 5 rings (SSSR count). The van der Waals surface area contributed by atoms with Crippen LogP contribution in [0.15, 0.2) is 47.7 Å². The summed E-state index contributed by atoms with van der Waals surface area (Å²) in [5.74, 6) is 5.71. The van der Waals surface area contributed by atoms with E-state index in [4.69, 9.17) is 20.3 Å². The van der Waals surface area contributed by atoms with Gasteiger partial charge in [-0.1, -0.05) is 5.92 Å². The molecular weight excluding hydrogens is 604 g/mol. The standard InChI is InChI=1S/C31H31F2N7O4S/c1-39-10-7-19(8-11-39)44-20-9-12-40(28(41)13-20)27-15-21(22-14-24(29(32)33)36-17-25(22)43-2)23(16-37-27)30(42)38-31(35)45-26(34)6-5-18-3-4-18/h9,12-19,29,34H,3-4,7-8,10-11H2,1-2H3,(H2,35,38,42). The van der Waals surface area contributed by atoms with Crippen molar-refractivity contribution in [2.45, 2.75) is 38.2 Å². The monoisotopic (exact) mass is 635 g/mol. The molecule has 45 heavy (non-hydrogen) atoms. The highest BCUT2D eigenvalue weighted by Gasteiger charge is 2.23. The fourth-order valence-corrected chi connectivity index (χ4v) is 5.13. The van der Waals surface area contributed by atoms with E-state index in [1.54, 1.807) is 6.07 Å². The smallest absolute Gasteiger partial charge is 0.280 e. The molecule has 1 amide bonds. The van der Waals surface area contributed by atoms with E-state index >= 15 is 0 Å². The predicted octanol–water partition coefficient (Wildman–Crippen LogP) is 4.50. The Kier molecular flexibility index (Phi) is 9.90. The third-order valence-corrected chi connectivity index (χ3v) is 7.87. The van der Waals surface area contributed by atoms with Gasteiger partial charge in [0, 0.05) is 48.6 Å². The zero-order chi connectivity index (χ0) is 32.1. The molecule has 4 heterocycles. The Morgan fingerprint density at radius 3 is 2.53 bits per heavy atom. The molecule has 11 nitrogen and oxygen atoms in total. The average Bonchev–Trinajstić information content (AvgIpc) is 3.85. The summed E-state index contributed by atoms with van der Waals surface area (Å²) in [7, 11) is 3.38. The number of piperidine rings is 1. The van der Waals surface area contributed by atoms with Crippen LogP contribution < -0.4 is 20.3 Å². The molecule has 14 heteroatoms. The van der Waals surface area contributed by atoms with E-state index in [0.717, 1.165) is 51.0 Å². The largest absolute Gasteiger partial charge is 0.494 e. The molecule has 2 aliphatic rings. The zero-order valence-electron chi connectivity index (χ0n) is 24.6. The molecule has 1 saturated carbocycles. The van der Waals surface area contributed by atoms with E-state index in [0.29, 0.717) is 17.5 Å². The summed E-state index contributed by atoms with van der Waals surface area (Å²) in [6, 6.07) is 5.50. The van der Waals surface area contributed by atoms with Gasteiger partial charge in [0.2, 0.25) is 0 Å². The van der Waals surface area contributed by atoms with Crippen molar-refractivity contribution in [1.29, 1.82) is 10.8 Å². The summed E-state index contributed by atoms with van der Waals surface area (Å²) in [5.41, 5.74) is -0.864. The van der Waals surface area contributed by atoms with Crippen LogP contribution in [0.1, 0.15) is 48.2 Å². The van der Waals surface area contributed by atoms with Crippen molar-refractivity contribution in [3.63, 3.8) is 0 Å². The highest BCUT2D eigenvalue weighted by atomic mass is 32.2. The van der Waals surface area contributed by atoms with Crippen molar-refractivity contribution in [1.82, 2.24) is 24.8 Å². The van der Waals surface area contributed by atoms with Crippen LogP contribution in [0.2, 0.25) is 0 Å². The van der Waals surface area contributed by atoms with Gasteiger partial charge in [0.25, 0.3) is 17.9 Å². The van der Waals surface area contributed by atoms with Crippen LogP contribution in [0.3, 0.4) is 0 Å². The topological polar surface area (TPSA) is 146 Å². The van der Waals surface area contributed by atoms with E-state index in [2.05, 4.69) is 32.0 Å². The van der Waals surface area contributed by atoms with Crippen molar-refractivity contribution >= 4 is 27.9 Å². The first-order valence-corrected chi connectivity index (χ1v) is 15.0. The average molecular weight is 636 g/mol. The number of hydrogen-bond donors (Lipinski definition) is 3. The lowest BCUT2D eigenvalue weighted by Crippen LogP contribution is -2.35. The normalized spacial score (nSPS) is 15.2. The summed E-state index contributed by atoms with van der Waals surface area (Å²) in [5, 5.41) is 18.1. The molecule has 1 aliphatic heterocycles. The number of alkyl halides is 2. The summed E-state index contributed by atoms with van der Waals surface area (Å²) in [6.07, 6.45) is 4.55. The fraction of sp³-hybridized carbons (Fsp3) is 0.355. The van der Waals surface area contributed by atoms with Gasteiger partial charge in [-0.2, -0.15) is 0 Å². The van der Waals surface area contributed by atoms with Gasteiger partial charge in [-0.3, -0.25) is 30.0 Å². The fourth-order valence-electron chi connectivity index (χ4n) is 4.67. The molecule has 1 saturated heterocycles. The number of methoxy groups -OCH3 is 1. The van der Waals surface area contributed by atoms with E-state index in [-0.39, 0.29) is 50.5 Å². The van der Waals surface area contributed by atoms with Crippen LogP contribution in [0, 0.1) is 28.6 Å². The molecule has 3 N–H and O–H groups in total. The number of rotatable bonds is 7. The van der Waals surface area contributed by atoms with Crippen LogP contribution in [-0.4, -0.2) is 68.9 Å². The molecule has 2 fully saturated rings. The minimum atomic E-state index is -2.90. The first-order chi connectivity index (χ1) is 21.6. The number of nitrogens with one attached hydrogen (secondary N) is 3. The maximum atomic E-state index is 13.7. The Morgan fingerprint density at radius 2 is 1.87 bits per heavy atom. The number of carbonyl (C=O) groups is 1. The summed E-state index contributed by atoms with van der Waals surface area (Å²) >= 11 is 0.671. The number of thioether (sulfide) groups is 1. The molecule has 3 aromatic heterocycles. The van der Waals surface area contributed by atoms with E-state index < -0.39 is 23.6 Å². The van der Waals surface area contributed by atoms with Gasteiger partial charge in [0.15, 0.2) is 5.17 Å². The number of likely N-dealkylation sites (tertiary alicyclic amines) is 1. The molecule has 234 valence electrons. The minimum absolute atomic E-state index is 0.00646. The van der Waals surface area contributed by atoms with Crippen LogP contribution in [-0.2, 0) is 0 Å². The number of hydrogen-bond acceptors (Lipinski definition) is 10. The number of amidine groups is 1. The van der Waals surface area contributed by atoms with Gasteiger partial charge in [0.05, 0.1) is 18.9 Å². The lowest BCUT2D eigenvalue weighted by Gasteiger charge is -2.29. The number of halogens is 2. The maximum absolute atomic E-state index is 13.7. The van der Waals surface area contributed by atoms with Crippen LogP contribution >= 0.6 is 11.8 Å². The van der Waals surface area contributed by atoms with E-state index in [1.807, 2.05) is 7.05 Å². The molecular formula is C31H31F2N7O4S. The molecule has 1 aliphatic carbocycles. The predicted molar refractivity (Wildman–Crippen MR) is 167 cm³/mol. The lowest BCUT2D eigenvalue weighted by atomic mass is 10.00. The van der Waals surface area contributed by atoms with Gasteiger partial charge >= 0.3 is 0 Å². The Balaban J connectivity index is 1.47. The molecule has 0 bridgehead atoms. The Labute approximate surface area is 262 Å². The molecule has 3 aromatic rings. The number of aromatic nitrogens is 3. The van der Waals surface area contributed by atoms with Gasteiger partial charge in [-0.25, -0.2) is 13.8 Å². The molecule has 0 atom stereocenters. The third-order valence-electron chi connectivity index (χ3n) is 7.26. The molecule has 0 spiro atoms. The van der Waals surface area contributed by atoms with E-state index in [1.165, 1.54) is 36.2 Å². The second-order valence-electron chi connectivity index (χ2n) is 10.6. The summed E-state index contributed by atoms with van der Waals surface area (Å²) in [4.78, 5) is 36.8. The number of ether oxygens (including phenoxy) is 2. The second-order valence-corrected chi connectivity index (χ2v) is 11.7. The minimum Gasteiger partial charge on any atom is -0.494 e. The van der Waals surface area contributed by atoms with Crippen molar-refractivity contribution in [3.05, 3.63) is 64.5 Å². The lowest BCUT2D eigenvalue weighted by molar-refractivity contribution is 0.0978. The van der Waals surface area contributed by atoms with Crippen molar-refractivity contribution in [2.24, 2.45) is 5.92 Å². The van der Waals surface area contributed by atoms with Gasteiger partial charge in [0.1, 0.15) is 34.2 Å². The summed E-state index contributed by atoms with van der Waals surface area (Å²) < 4.78 is 40.0. The maximum Gasteiger partial charge on any atom is 0.280 e. The highest BCUT2D eigenvalue weighted by molar-refractivity contribution is 8.26. The van der Waals surface area contributed by atoms with Crippen LogP contribution in [0.4, 0.5) is 8.78 Å². The second kappa shape index (κ2) is 14.0. The van der Waals surface area contributed by atoms with Crippen molar-refractivity contribution in [2.75, 3.05) is 27.2 Å². The molecule has 0 radical (unpaired) electrons. The number of nitrogens with zero attached hydrogens (tertiary/aromatic N) is 4. The molecule has 0 aromatic carbocycles. The van der Waals surface area contributed by atoms with Gasteiger partial charge in [-0.15, -0.1) is 0 Å². The van der Waals surface area contributed by atoms with Crippen molar-refractivity contribution < 1.29 is 23.0 Å². The third kappa shape index (κ3) is 8.11. The number of amides is 1. The Morgan fingerprint density at radius 1 is 1.11 bits per heavy atom. The number of carbonyl (C=O) groups excluding carboxylic acids is 1. The number of pyridine rings is 3. The van der Waals surface area contributed by atoms with Gasteiger partial charge in [-0.05, 0) is 68.6 Å². The Bertz CT molecular complexity index is 1740. The first kappa shape index (κ1) is 31.8. The SMILES string of the molecule is COc1cnc(C(F)F)cc1-c1cc(-n2ccc(OC3CCN(C)CC3)cc2=O)ncc1C(=O)NC(=N)SC(=N)C#CC1CC1. The van der Waals surface area contributed by atoms with Crippen LogP contribution in [0.25, 0.3) is 16.9 Å². The quantitative estimate of drug-likeness (QED) is 0.195. The first-order valence-electron chi connectivity index (χ1n) is 14.2. The van der Waals surface area contributed by atoms with E-state index in [9.17, 15) is 18.4 Å². The van der Waals surface area contributed by atoms with Gasteiger partial charge < -0.3 is 19.7 Å². The zero-order valence-corrected chi connectivity index (χ0v) is 25.4. The Hall–Kier alpha value is -4.61.